The molecule has 0 aliphatic carbocycles. The van der Waals surface area contributed by atoms with Crippen LogP contribution < -0.4 is 9.47 Å². The normalized spacial score (nSPS) is 22.6. The summed E-state index contributed by atoms with van der Waals surface area (Å²) in [5, 5.41) is 71.7. The van der Waals surface area contributed by atoms with Gasteiger partial charge in [-0.2, -0.15) is 0 Å². The SMILES string of the molecule is COc1cc(OC2OC(COC(=O)c3cc(O)c(O)c(O)c3)C(O)C(O)C2O)c2c(O)c(C(C)=O)c(C)cc2c1. The summed E-state index contributed by atoms with van der Waals surface area (Å²) in [6, 6.07) is 6.29. The molecule has 0 amide bonds. The number of ether oxygens (including phenoxy) is 4. The van der Waals surface area contributed by atoms with E-state index in [1.807, 2.05) is 0 Å². The second-order valence-corrected chi connectivity index (χ2v) is 9.29. The Labute approximate surface area is 227 Å². The van der Waals surface area contributed by atoms with Crippen molar-refractivity contribution in [3.8, 4) is 34.5 Å². The molecule has 0 aromatic heterocycles. The van der Waals surface area contributed by atoms with Crippen molar-refractivity contribution in [3.63, 3.8) is 0 Å². The number of carbonyl (C=O) groups is 2. The van der Waals surface area contributed by atoms with E-state index in [1.54, 1.807) is 19.1 Å². The predicted molar refractivity (Wildman–Crippen MR) is 136 cm³/mol. The number of methoxy groups -OCH3 is 1. The van der Waals surface area contributed by atoms with E-state index in [1.165, 1.54) is 20.1 Å². The molecule has 4 rings (SSSR count). The van der Waals surface area contributed by atoms with Crippen LogP contribution in [0.3, 0.4) is 0 Å². The molecule has 1 heterocycles. The van der Waals surface area contributed by atoms with Crippen LogP contribution >= 0.6 is 0 Å². The van der Waals surface area contributed by atoms with Crippen LogP contribution in [0.5, 0.6) is 34.5 Å². The third-order valence-corrected chi connectivity index (χ3v) is 6.53. The van der Waals surface area contributed by atoms with Gasteiger partial charge in [0.15, 0.2) is 23.0 Å². The Kier molecular flexibility index (Phi) is 7.93. The third-order valence-electron chi connectivity index (χ3n) is 6.53. The predicted octanol–water partition coefficient (Wildman–Crippen LogP) is 1.23. The molecule has 3 aromatic carbocycles. The molecule has 0 bridgehead atoms. The van der Waals surface area contributed by atoms with Crippen molar-refractivity contribution in [2.45, 2.75) is 44.6 Å². The standard InChI is InChI=1S/C27H28O13/c1-10-4-12-5-14(37-3)8-17(20(12)23(33)19(10)11(2)28)39-27-25(35)24(34)22(32)18(40-27)9-38-26(36)13-6-15(29)21(31)16(30)7-13/h4-8,18,22,24-25,27,29-35H,9H2,1-3H3. The van der Waals surface area contributed by atoms with E-state index in [9.17, 15) is 45.3 Å². The van der Waals surface area contributed by atoms with Gasteiger partial charge in [-0.1, -0.05) is 6.07 Å². The quantitative estimate of drug-likeness (QED) is 0.123. The number of ketones is 1. The Bertz CT molecular complexity index is 1440. The molecule has 5 atom stereocenters. The van der Waals surface area contributed by atoms with Crippen LogP contribution in [0.4, 0.5) is 0 Å². The largest absolute Gasteiger partial charge is 0.506 e. The van der Waals surface area contributed by atoms with Crippen LogP contribution in [0.15, 0.2) is 30.3 Å². The highest BCUT2D eigenvalue weighted by Gasteiger charge is 2.46. The van der Waals surface area contributed by atoms with Crippen molar-refractivity contribution >= 4 is 22.5 Å². The van der Waals surface area contributed by atoms with Crippen molar-refractivity contribution < 1.29 is 64.3 Å². The van der Waals surface area contributed by atoms with Gasteiger partial charge in [0.05, 0.1) is 23.6 Å². The topological polar surface area (TPSA) is 213 Å². The van der Waals surface area contributed by atoms with Crippen LogP contribution in [-0.4, -0.2) is 91.9 Å². The van der Waals surface area contributed by atoms with Crippen molar-refractivity contribution in [1.29, 1.82) is 0 Å². The van der Waals surface area contributed by atoms with Crippen LogP contribution in [-0.2, 0) is 9.47 Å². The average Bonchev–Trinajstić information content (AvgIpc) is 2.90. The van der Waals surface area contributed by atoms with Crippen LogP contribution in [0.2, 0.25) is 0 Å². The first-order valence-electron chi connectivity index (χ1n) is 12.0. The molecular formula is C27H28O13. The fraction of sp³-hybridized carbons (Fsp3) is 0.333. The zero-order valence-electron chi connectivity index (χ0n) is 21.6. The molecular weight excluding hydrogens is 532 g/mol. The lowest BCUT2D eigenvalue weighted by Crippen LogP contribution is -2.60. The number of phenolic OH excluding ortho intramolecular Hbond substituents is 4. The van der Waals surface area contributed by atoms with Gasteiger partial charge in [0.1, 0.15) is 48.3 Å². The molecule has 40 heavy (non-hydrogen) atoms. The minimum Gasteiger partial charge on any atom is -0.506 e. The van der Waals surface area contributed by atoms with E-state index in [0.717, 1.165) is 12.1 Å². The monoisotopic (exact) mass is 560 g/mol. The summed E-state index contributed by atoms with van der Waals surface area (Å²) in [6.07, 6.45) is -8.42. The zero-order chi connectivity index (χ0) is 29.5. The molecule has 1 saturated heterocycles. The lowest BCUT2D eigenvalue weighted by molar-refractivity contribution is -0.277. The lowest BCUT2D eigenvalue weighted by atomic mass is 9.96. The van der Waals surface area contributed by atoms with E-state index >= 15 is 0 Å². The van der Waals surface area contributed by atoms with Crippen LogP contribution in [0, 0.1) is 6.92 Å². The van der Waals surface area contributed by atoms with Gasteiger partial charge in [-0.25, -0.2) is 4.79 Å². The van der Waals surface area contributed by atoms with Gasteiger partial charge < -0.3 is 54.7 Å². The second kappa shape index (κ2) is 11.1. The van der Waals surface area contributed by atoms with Gasteiger partial charge >= 0.3 is 5.97 Å². The number of hydrogen-bond acceptors (Lipinski definition) is 13. The summed E-state index contributed by atoms with van der Waals surface area (Å²) >= 11 is 0. The van der Waals surface area contributed by atoms with Crippen molar-refractivity contribution in [2.24, 2.45) is 0 Å². The summed E-state index contributed by atoms with van der Waals surface area (Å²) in [7, 11) is 1.39. The van der Waals surface area contributed by atoms with Gasteiger partial charge in [-0.15, -0.1) is 0 Å². The minimum atomic E-state index is -1.82. The van der Waals surface area contributed by atoms with E-state index in [0.29, 0.717) is 16.7 Å². The molecule has 1 fully saturated rings. The molecule has 13 nitrogen and oxygen atoms in total. The number of fused-ring (bicyclic) bond motifs is 1. The van der Waals surface area contributed by atoms with Crippen LogP contribution in [0.1, 0.15) is 33.2 Å². The number of hydrogen-bond donors (Lipinski definition) is 7. The first-order chi connectivity index (χ1) is 18.8. The molecule has 0 spiro atoms. The highest BCUT2D eigenvalue weighted by molar-refractivity contribution is 6.07. The highest BCUT2D eigenvalue weighted by atomic mass is 16.7. The molecule has 7 N–H and O–H groups in total. The third kappa shape index (κ3) is 5.27. The molecule has 0 radical (unpaired) electrons. The average molecular weight is 561 g/mol. The first kappa shape index (κ1) is 28.7. The molecule has 0 saturated carbocycles. The Hall–Kier alpha value is -4.30. The van der Waals surface area contributed by atoms with Gasteiger partial charge in [-0.05, 0) is 43.0 Å². The number of phenols is 4. The summed E-state index contributed by atoms with van der Waals surface area (Å²) in [5.74, 6) is -4.01. The Morgan fingerprint density at radius 1 is 0.900 bits per heavy atom. The Morgan fingerprint density at radius 3 is 2.15 bits per heavy atom. The van der Waals surface area contributed by atoms with E-state index in [-0.39, 0.29) is 28.0 Å². The number of carbonyl (C=O) groups excluding carboxylic acids is 2. The second-order valence-electron chi connectivity index (χ2n) is 9.29. The highest BCUT2D eigenvalue weighted by Crippen LogP contribution is 2.42. The number of Topliss-reactive ketones (excluding diaryl/α,β-unsaturated/α-hetero) is 1. The van der Waals surface area contributed by atoms with Crippen molar-refractivity contribution in [3.05, 3.63) is 47.0 Å². The molecule has 1 aliphatic rings. The number of rotatable bonds is 7. The maximum absolute atomic E-state index is 12.4. The van der Waals surface area contributed by atoms with E-state index in [4.69, 9.17) is 18.9 Å². The van der Waals surface area contributed by atoms with Gasteiger partial charge in [0.2, 0.25) is 6.29 Å². The Morgan fingerprint density at radius 2 is 1.55 bits per heavy atom. The fourth-order valence-corrected chi connectivity index (χ4v) is 4.49. The Balaban J connectivity index is 1.62. The summed E-state index contributed by atoms with van der Waals surface area (Å²) in [4.78, 5) is 24.6. The number of aryl methyl sites for hydroxylation is 1. The molecule has 3 aromatic rings. The zero-order valence-corrected chi connectivity index (χ0v) is 21.6. The van der Waals surface area contributed by atoms with Gasteiger partial charge in [0.25, 0.3) is 0 Å². The molecule has 5 unspecified atom stereocenters. The fourth-order valence-electron chi connectivity index (χ4n) is 4.49. The van der Waals surface area contributed by atoms with Crippen molar-refractivity contribution in [2.75, 3.05) is 13.7 Å². The number of aliphatic hydroxyl groups is 3. The van der Waals surface area contributed by atoms with Crippen molar-refractivity contribution in [1.82, 2.24) is 0 Å². The van der Waals surface area contributed by atoms with Gasteiger partial charge in [0, 0.05) is 6.07 Å². The molecule has 1 aliphatic heterocycles. The summed E-state index contributed by atoms with van der Waals surface area (Å²) < 4.78 is 21.8. The molecule has 13 heteroatoms. The number of benzene rings is 3. The molecule has 214 valence electrons. The summed E-state index contributed by atoms with van der Waals surface area (Å²) in [5.41, 5.74) is 0.224. The smallest absolute Gasteiger partial charge is 0.338 e. The number of aliphatic hydroxyl groups excluding tert-OH is 3. The number of esters is 1. The lowest BCUT2D eigenvalue weighted by Gasteiger charge is -2.40. The maximum Gasteiger partial charge on any atom is 0.338 e. The minimum absolute atomic E-state index is 0.0548. The first-order valence-corrected chi connectivity index (χ1v) is 12.0. The van der Waals surface area contributed by atoms with E-state index < -0.39 is 66.3 Å². The number of aromatic hydroxyl groups is 4. The van der Waals surface area contributed by atoms with Gasteiger partial charge in [-0.3, -0.25) is 4.79 Å². The summed E-state index contributed by atoms with van der Waals surface area (Å²) in [6.45, 7) is 2.27. The maximum atomic E-state index is 12.4. The van der Waals surface area contributed by atoms with Crippen LogP contribution in [0.25, 0.3) is 10.8 Å². The van der Waals surface area contributed by atoms with E-state index in [2.05, 4.69) is 0 Å².